The number of methoxy groups -OCH3 is 2. The van der Waals surface area contributed by atoms with E-state index in [-0.39, 0.29) is 12.7 Å². The molecule has 0 unspecified atom stereocenters. The maximum atomic E-state index is 12.6. The number of pyridine rings is 1. The minimum absolute atomic E-state index is 0.181. The lowest BCUT2D eigenvalue weighted by molar-refractivity contribution is 0.102. The van der Waals surface area contributed by atoms with Crippen LogP contribution in [0.3, 0.4) is 0 Å². The van der Waals surface area contributed by atoms with Crippen molar-refractivity contribution in [3.8, 4) is 23.0 Å². The Kier molecular flexibility index (Phi) is 5.07. The maximum absolute atomic E-state index is 12.6. The zero-order chi connectivity index (χ0) is 20.2. The van der Waals surface area contributed by atoms with Crippen LogP contribution in [0.4, 0.5) is 17.2 Å². The van der Waals surface area contributed by atoms with Gasteiger partial charge in [0.25, 0.3) is 5.91 Å². The smallest absolute Gasteiger partial charge is 0.255 e. The fourth-order valence-electron chi connectivity index (χ4n) is 2.86. The lowest BCUT2D eigenvalue weighted by atomic mass is 10.2. The summed E-state index contributed by atoms with van der Waals surface area (Å²) >= 11 is 0. The van der Waals surface area contributed by atoms with Gasteiger partial charge in [-0.15, -0.1) is 0 Å². The van der Waals surface area contributed by atoms with Crippen LogP contribution < -0.4 is 29.6 Å². The standard InChI is InChI=1S/C21H19N3O5/c1-26-15-4-5-16(18(11-15)27-2)24-20-9-13(7-8-22-20)21(25)23-14-3-6-17-19(10-14)29-12-28-17/h3-11H,12H2,1-2H3,(H,22,24)(H,23,25). The molecule has 0 radical (unpaired) electrons. The predicted octanol–water partition coefficient (Wildman–Crippen LogP) is 3.82. The van der Waals surface area contributed by atoms with Crippen molar-refractivity contribution in [2.24, 2.45) is 0 Å². The summed E-state index contributed by atoms with van der Waals surface area (Å²) in [6.07, 6.45) is 1.56. The van der Waals surface area contributed by atoms with Crippen molar-refractivity contribution < 1.29 is 23.7 Å². The van der Waals surface area contributed by atoms with Gasteiger partial charge in [-0.1, -0.05) is 0 Å². The van der Waals surface area contributed by atoms with Gasteiger partial charge in [0.1, 0.15) is 17.3 Å². The molecule has 1 aliphatic heterocycles. The van der Waals surface area contributed by atoms with E-state index in [2.05, 4.69) is 15.6 Å². The molecule has 1 amide bonds. The highest BCUT2D eigenvalue weighted by Gasteiger charge is 2.15. The first-order valence-corrected chi connectivity index (χ1v) is 8.82. The van der Waals surface area contributed by atoms with E-state index in [0.717, 1.165) is 0 Å². The Morgan fingerprint density at radius 2 is 1.86 bits per heavy atom. The van der Waals surface area contributed by atoms with Crippen molar-refractivity contribution in [1.29, 1.82) is 0 Å². The first kappa shape index (κ1) is 18.4. The van der Waals surface area contributed by atoms with Crippen molar-refractivity contribution >= 4 is 23.1 Å². The lowest BCUT2D eigenvalue weighted by Crippen LogP contribution is -2.12. The first-order valence-electron chi connectivity index (χ1n) is 8.82. The molecule has 0 bridgehead atoms. The number of aromatic nitrogens is 1. The van der Waals surface area contributed by atoms with E-state index >= 15 is 0 Å². The normalized spacial score (nSPS) is 11.7. The topological polar surface area (TPSA) is 90.9 Å². The number of nitrogens with one attached hydrogen (secondary N) is 2. The summed E-state index contributed by atoms with van der Waals surface area (Å²) in [6.45, 7) is 0.181. The number of amides is 1. The average molecular weight is 393 g/mol. The van der Waals surface area contributed by atoms with Gasteiger partial charge < -0.3 is 29.6 Å². The molecule has 1 aromatic heterocycles. The van der Waals surface area contributed by atoms with Crippen LogP contribution in [0.15, 0.2) is 54.7 Å². The van der Waals surface area contributed by atoms with Gasteiger partial charge in [-0.3, -0.25) is 4.79 Å². The van der Waals surface area contributed by atoms with Gasteiger partial charge in [0.15, 0.2) is 11.5 Å². The highest BCUT2D eigenvalue weighted by Crippen LogP contribution is 2.34. The summed E-state index contributed by atoms with van der Waals surface area (Å²) in [4.78, 5) is 16.9. The number of carbonyl (C=O) groups is 1. The Bertz CT molecular complexity index is 1050. The summed E-state index contributed by atoms with van der Waals surface area (Å²) in [5, 5.41) is 6.01. The molecule has 29 heavy (non-hydrogen) atoms. The molecule has 1 aliphatic rings. The summed E-state index contributed by atoms with van der Waals surface area (Å²) < 4.78 is 21.2. The van der Waals surface area contributed by atoms with E-state index < -0.39 is 0 Å². The van der Waals surface area contributed by atoms with E-state index in [1.165, 1.54) is 0 Å². The van der Waals surface area contributed by atoms with Crippen molar-refractivity contribution in [1.82, 2.24) is 4.98 Å². The monoisotopic (exact) mass is 393 g/mol. The molecule has 2 aromatic carbocycles. The van der Waals surface area contributed by atoms with Gasteiger partial charge in [0.05, 0.1) is 19.9 Å². The second kappa shape index (κ2) is 7.97. The Balaban J connectivity index is 1.50. The zero-order valence-corrected chi connectivity index (χ0v) is 15.9. The van der Waals surface area contributed by atoms with Gasteiger partial charge in [0, 0.05) is 29.6 Å². The summed E-state index contributed by atoms with van der Waals surface area (Å²) in [7, 11) is 3.16. The molecule has 0 atom stereocenters. The van der Waals surface area contributed by atoms with Crippen LogP contribution in [0.25, 0.3) is 0 Å². The van der Waals surface area contributed by atoms with Crippen molar-refractivity contribution in [3.05, 3.63) is 60.3 Å². The molecular formula is C21H19N3O5. The minimum Gasteiger partial charge on any atom is -0.497 e. The fourth-order valence-corrected chi connectivity index (χ4v) is 2.86. The molecule has 2 heterocycles. The van der Waals surface area contributed by atoms with E-state index in [1.54, 1.807) is 62.9 Å². The third-order valence-electron chi connectivity index (χ3n) is 4.32. The first-order chi connectivity index (χ1) is 14.2. The van der Waals surface area contributed by atoms with Crippen molar-refractivity contribution in [3.63, 3.8) is 0 Å². The van der Waals surface area contributed by atoms with Crippen molar-refractivity contribution in [2.75, 3.05) is 31.6 Å². The van der Waals surface area contributed by atoms with Crippen LogP contribution in [0.5, 0.6) is 23.0 Å². The molecule has 0 saturated heterocycles. The van der Waals surface area contributed by atoms with E-state index in [0.29, 0.717) is 45.8 Å². The highest BCUT2D eigenvalue weighted by molar-refractivity contribution is 6.04. The number of anilines is 3. The Morgan fingerprint density at radius 3 is 2.69 bits per heavy atom. The summed E-state index contributed by atoms with van der Waals surface area (Å²) in [5.41, 5.74) is 1.77. The minimum atomic E-state index is -0.268. The van der Waals surface area contributed by atoms with Gasteiger partial charge in [0.2, 0.25) is 6.79 Å². The quantitative estimate of drug-likeness (QED) is 0.658. The molecular weight excluding hydrogens is 374 g/mol. The maximum Gasteiger partial charge on any atom is 0.255 e. The van der Waals surface area contributed by atoms with Crippen LogP contribution in [-0.2, 0) is 0 Å². The van der Waals surface area contributed by atoms with Gasteiger partial charge >= 0.3 is 0 Å². The van der Waals surface area contributed by atoms with Gasteiger partial charge in [-0.2, -0.15) is 0 Å². The molecule has 3 aromatic rings. The molecule has 0 spiro atoms. The number of fused-ring (bicyclic) bond motifs is 1. The second-order valence-corrected chi connectivity index (χ2v) is 6.14. The number of ether oxygens (including phenoxy) is 4. The van der Waals surface area contributed by atoms with Crippen LogP contribution in [0.2, 0.25) is 0 Å². The molecule has 4 rings (SSSR count). The number of rotatable bonds is 6. The Hall–Kier alpha value is -3.94. The van der Waals surface area contributed by atoms with E-state index in [1.807, 2.05) is 6.07 Å². The van der Waals surface area contributed by atoms with Crippen molar-refractivity contribution in [2.45, 2.75) is 0 Å². The number of hydrogen-bond donors (Lipinski definition) is 2. The second-order valence-electron chi connectivity index (χ2n) is 6.14. The predicted molar refractivity (Wildman–Crippen MR) is 108 cm³/mol. The molecule has 8 nitrogen and oxygen atoms in total. The Morgan fingerprint density at radius 1 is 1.00 bits per heavy atom. The number of hydrogen-bond acceptors (Lipinski definition) is 7. The van der Waals surface area contributed by atoms with Gasteiger partial charge in [-0.05, 0) is 36.4 Å². The van der Waals surface area contributed by atoms with Gasteiger partial charge in [-0.25, -0.2) is 4.98 Å². The third kappa shape index (κ3) is 4.01. The summed E-state index contributed by atoms with van der Waals surface area (Å²) in [6, 6.07) is 13.9. The number of carbonyl (C=O) groups excluding carboxylic acids is 1. The van der Waals surface area contributed by atoms with E-state index in [4.69, 9.17) is 18.9 Å². The highest BCUT2D eigenvalue weighted by atomic mass is 16.7. The SMILES string of the molecule is COc1ccc(Nc2cc(C(=O)Nc3ccc4c(c3)OCO4)ccn2)c(OC)c1. The fraction of sp³-hybridized carbons (Fsp3) is 0.143. The van der Waals surface area contributed by atoms with E-state index in [9.17, 15) is 4.79 Å². The molecule has 0 saturated carbocycles. The summed E-state index contributed by atoms with van der Waals surface area (Å²) in [5.74, 6) is 2.78. The van der Waals surface area contributed by atoms with Crippen LogP contribution in [-0.4, -0.2) is 31.9 Å². The van der Waals surface area contributed by atoms with Crippen LogP contribution in [0, 0.1) is 0 Å². The average Bonchev–Trinajstić information content (AvgIpc) is 3.22. The largest absolute Gasteiger partial charge is 0.497 e. The number of nitrogens with zero attached hydrogens (tertiary/aromatic N) is 1. The lowest BCUT2D eigenvalue weighted by Gasteiger charge is -2.12. The van der Waals surface area contributed by atoms with Crippen LogP contribution in [0.1, 0.15) is 10.4 Å². The molecule has 0 fully saturated rings. The zero-order valence-electron chi connectivity index (χ0n) is 15.9. The Labute approximate surface area is 167 Å². The molecule has 2 N–H and O–H groups in total. The molecule has 148 valence electrons. The molecule has 8 heteroatoms. The third-order valence-corrected chi connectivity index (χ3v) is 4.32. The van der Waals surface area contributed by atoms with Crippen LogP contribution >= 0.6 is 0 Å². The molecule has 0 aliphatic carbocycles. The number of benzene rings is 2.